The Kier molecular flexibility index (Phi) is 9.42. The molecule has 4 aliphatic heterocycles. The Balaban J connectivity index is 1.40. The van der Waals surface area contributed by atoms with Crippen LogP contribution in [0, 0.1) is 5.41 Å². The maximum atomic E-state index is 14.3. The molecule has 0 aliphatic carbocycles. The van der Waals surface area contributed by atoms with Crippen molar-refractivity contribution in [1.82, 2.24) is 15.5 Å². The van der Waals surface area contributed by atoms with Gasteiger partial charge in [-0.25, -0.2) is 4.79 Å². The predicted molar refractivity (Wildman–Crippen MR) is 161 cm³/mol. The largest absolute Gasteiger partial charge is 0.454 e. The van der Waals surface area contributed by atoms with Gasteiger partial charge >= 0.3 is 6.09 Å². The molecule has 4 aliphatic rings. The molecule has 1 spiro atoms. The number of ether oxygens (including phenoxy) is 4. The van der Waals surface area contributed by atoms with Gasteiger partial charge in [0.25, 0.3) is 5.91 Å². The zero-order valence-electron chi connectivity index (χ0n) is 26.5. The number of ketones is 1. The minimum Gasteiger partial charge on any atom is -0.454 e. The molecule has 1 aromatic carbocycles. The number of carbonyl (C=O) groups excluding carboxylic acids is 5. The lowest BCUT2D eigenvalue weighted by Crippen LogP contribution is -2.59. The molecule has 1 aromatic rings. The van der Waals surface area contributed by atoms with Crippen LogP contribution in [0.15, 0.2) is 23.4 Å². The Morgan fingerprint density at radius 3 is 2.59 bits per heavy atom. The molecule has 0 saturated carbocycles. The molecule has 2 saturated heterocycles. The van der Waals surface area contributed by atoms with Crippen LogP contribution in [0.4, 0.5) is 4.79 Å². The summed E-state index contributed by atoms with van der Waals surface area (Å²) in [5.41, 5.74) is 4.69. The van der Waals surface area contributed by atoms with Crippen molar-refractivity contribution in [3.05, 3.63) is 23.8 Å². The maximum Gasteiger partial charge on any atom is 0.408 e. The van der Waals surface area contributed by atoms with Crippen LogP contribution >= 0.6 is 0 Å². The second-order valence-electron chi connectivity index (χ2n) is 13.2. The van der Waals surface area contributed by atoms with Crippen LogP contribution in [0.5, 0.6) is 11.5 Å². The third-order valence-electron chi connectivity index (χ3n) is 8.52. The third kappa shape index (κ3) is 7.03. The summed E-state index contributed by atoms with van der Waals surface area (Å²) < 4.78 is 21.7. The fourth-order valence-corrected chi connectivity index (χ4v) is 6.08. The molecule has 0 unspecified atom stereocenters. The molecule has 15 nitrogen and oxygen atoms in total. The molecule has 5 atom stereocenters. The molecular formula is C31H41N5O10. The molecular weight excluding hydrogens is 602 g/mol. The average Bonchev–Trinajstić information content (AvgIpc) is 3.82. The number of alkyl carbamates (subject to hydrolysis) is 1. The van der Waals surface area contributed by atoms with Gasteiger partial charge < -0.3 is 45.1 Å². The highest BCUT2D eigenvalue weighted by molar-refractivity contribution is 6.37. The van der Waals surface area contributed by atoms with Gasteiger partial charge in [-0.2, -0.15) is 0 Å². The van der Waals surface area contributed by atoms with Crippen molar-refractivity contribution < 1.29 is 47.8 Å². The van der Waals surface area contributed by atoms with E-state index in [0.29, 0.717) is 36.7 Å². The molecule has 0 aromatic heterocycles. The Morgan fingerprint density at radius 1 is 1.15 bits per heavy atom. The summed E-state index contributed by atoms with van der Waals surface area (Å²) in [6.45, 7) is 7.96. The van der Waals surface area contributed by atoms with Crippen molar-refractivity contribution in [3.63, 3.8) is 0 Å². The van der Waals surface area contributed by atoms with Crippen molar-refractivity contribution in [1.29, 1.82) is 0 Å². The van der Waals surface area contributed by atoms with Crippen molar-refractivity contribution in [2.24, 2.45) is 16.3 Å². The minimum absolute atomic E-state index is 0.0342. The van der Waals surface area contributed by atoms with Crippen molar-refractivity contribution in [2.45, 2.75) is 89.6 Å². The fraction of sp³-hybridized carbons (Fsp3) is 0.613. The highest BCUT2D eigenvalue weighted by Gasteiger charge is 2.56. The summed E-state index contributed by atoms with van der Waals surface area (Å²) in [6.07, 6.45) is 0.296. The molecule has 15 heteroatoms. The highest BCUT2D eigenvalue weighted by Crippen LogP contribution is 2.41. The molecule has 5 rings (SSSR count). The number of likely N-dealkylation sites (tertiary alicyclic amines) is 1. The minimum atomic E-state index is -1.17. The number of oxime groups is 1. The van der Waals surface area contributed by atoms with E-state index in [2.05, 4.69) is 15.8 Å². The number of primary amides is 1. The second kappa shape index (κ2) is 13.1. The molecule has 2 fully saturated rings. The summed E-state index contributed by atoms with van der Waals surface area (Å²) in [5, 5.41) is 9.67. The standard InChI is InChI=1S/C31H41N5O10/c1-5-6-19(24(37)26(32)38)33-27(39)21-13-31(12-20(35-46-31)17-7-8-22-23(11-17)44-16-43-22)15-36(21)28(40)25(30(2,3)4)34-29(41)45-18-9-10-42-14-18/h7-8,11,18-19,21,25H,5-6,9-10,12-16H2,1-4H3,(H2,32,38)(H,33,39)(H,34,41)/t18-,19-,21-,25+,31+/m0/s1. The van der Waals surface area contributed by atoms with E-state index in [0.717, 1.165) is 5.56 Å². The van der Waals surface area contributed by atoms with E-state index in [9.17, 15) is 24.0 Å². The monoisotopic (exact) mass is 643 g/mol. The number of Topliss-reactive ketones (excluding diaryl/α,β-unsaturated/α-hetero) is 1. The van der Waals surface area contributed by atoms with E-state index < -0.39 is 64.8 Å². The summed E-state index contributed by atoms with van der Waals surface area (Å²) in [4.78, 5) is 72.7. The number of rotatable bonds is 10. The topological polar surface area (TPSA) is 197 Å². The van der Waals surface area contributed by atoms with Crippen LogP contribution in [0.1, 0.15) is 65.4 Å². The van der Waals surface area contributed by atoms with Gasteiger partial charge in [0.1, 0.15) is 18.2 Å². The summed E-state index contributed by atoms with van der Waals surface area (Å²) in [5.74, 6) is -2.12. The van der Waals surface area contributed by atoms with E-state index in [1.807, 2.05) is 6.07 Å². The second-order valence-corrected chi connectivity index (χ2v) is 13.2. The lowest BCUT2D eigenvalue weighted by molar-refractivity contribution is -0.143. The Labute approximate surface area is 266 Å². The molecule has 0 radical (unpaired) electrons. The molecule has 46 heavy (non-hydrogen) atoms. The summed E-state index contributed by atoms with van der Waals surface area (Å²) in [7, 11) is 0. The Hall–Kier alpha value is -4.40. The van der Waals surface area contributed by atoms with Crippen LogP contribution in [0.3, 0.4) is 0 Å². The lowest BCUT2D eigenvalue weighted by Gasteiger charge is -2.35. The predicted octanol–water partition coefficient (Wildman–Crippen LogP) is 1.15. The highest BCUT2D eigenvalue weighted by atomic mass is 16.7. The van der Waals surface area contributed by atoms with Gasteiger partial charge in [0.05, 0.1) is 31.5 Å². The lowest BCUT2D eigenvalue weighted by atomic mass is 9.85. The van der Waals surface area contributed by atoms with Crippen LogP contribution in [0.2, 0.25) is 0 Å². The van der Waals surface area contributed by atoms with Gasteiger partial charge in [-0.3, -0.25) is 19.2 Å². The van der Waals surface area contributed by atoms with E-state index in [1.54, 1.807) is 39.8 Å². The van der Waals surface area contributed by atoms with E-state index in [4.69, 9.17) is 29.5 Å². The van der Waals surface area contributed by atoms with Gasteiger partial charge in [0.2, 0.25) is 24.4 Å². The maximum absolute atomic E-state index is 14.3. The van der Waals surface area contributed by atoms with Crippen LogP contribution in [0.25, 0.3) is 0 Å². The fourth-order valence-electron chi connectivity index (χ4n) is 6.08. The van der Waals surface area contributed by atoms with Crippen LogP contribution in [-0.2, 0) is 33.5 Å². The Bertz CT molecular complexity index is 1420. The molecule has 4 amide bonds. The van der Waals surface area contributed by atoms with Gasteiger partial charge in [0, 0.05) is 24.8 Å². The van der Waals surface area contributed by atoms with Crippen LogP contribution in [-0.4, -0.2) is 96.6 Å². The first kappa shape index (κ1) is 33.0. The number of carbonyl (C=O) groups is 5. The number of benzene rings is 1. The first-order chi connectivity index (χ1) is 21.8. The zero-order chi connectivity index (χ0) is 33.2. The van der Waals surface area contributed by atoms with Gasteiger partial charge in [-0.15, -0.1) is 0 Å². The van der Waals surface area contributed by atoms with E-state index in [1.165, 1.54) is 4.90 Å². The van der Waals surface area contributed by atoms with Crippen molar-refractivity contribution in [2.75, 3.05) is 26.6 Å². The van der Waals surface area contributed by atoms with Gasteiger partial charge in [-0.1, -0.05) is 39.3 Å². The molecule has 4 N–H and O–H groups in total. The van der Waals surface area contributed by atoms with Crippen molar-refractivity contribution >= 4 is 35.3 Å². The quantitative estimate of drug-likeness (QED) is 0.311. The number of nitrogens with one attached hydrogen (secondary N) is 2. The van der Waals surface area contributed by atoms with Crippen molar-refractivity contribution in [3.8, 4) is 11.5 Å². The van der Waals surface area contributed by atoms with E-state index in [-0.39, 0.29) is 39.2 Å². The number of fused-ring (bicyclic) bond motifs is 1. The number of hydrogen-bond donors (Lipinski definition) is 3. The van der Waals surface area contributed by atoms with Gasteiger partial charge in [0.15, 0.2) is 17.1 Å². The average molecular weight is 644 g/mol. The van der Waals surface area contributed by atoms with Gasteiger partial charge in [-0.05, 0) is 30.0 Å². The summed E-state index contributed by atoms with van der Waals surface area (Å²) >= 11 is 0. The smallest absolute Gasteiger partial charge is 0.408 e. The molecule has 250 valence electrons. The third-order valence-corrected chi connectivity index (χ3v) is 8.52. The number of nitrogens with zero attached hydrogens (tertiary/aromatic N) is 2. The zero-order valence-corrected chi connectivity index (χ0v) is 26.5. The number of nitrogens with two attached hydrogens (primary N) is 1. The number of amides is 4. The van der Waals surface area contributed by atoms with Crippen LogP contribution < -0.4 is 25.8 Å². The Morgan fingerprint density at radius 2 is 1.91 bits per heavy atom. The molecule has 4 heterocycles. The number of hydrogen-bond acceptors (Lipinski definition) is 11. The molecule has 0 bridgehead atoms. The first-order valence-corrected chi connectivity index (χ1v) is 15.4. The normalized spacial score (nSPS) is 24.6. The first-order valence-electron chi connectivity index (χ1n) is 15.4. The summed E-state index contributed by atoms with van der Waals surface area (Å²) in [6, 6.07) is 2.01. The van der Waals surface area contributed by atoms with E-state index >= 15 is 0 Å². The SMILES string of the molecule is CCC[C@H](NC(=O)[C@@H]1C[C@]2(CC(c3ccc4c(c3)OCO4)=NO2)CN1C(=O)[C@@H](NC(=O)O[C@H]1CCOC1)C(C)(C)C)C(=O)C(N)=O.